The van der Waals surface area contributed by atoms with Gasteiger partial charge in [0.1, 0.15) is 18.1 Å². The molecule has 12 N–H and O–H groups in total. The first-order chi connectivity index (χ1) is 18.1. The Morgan fingerprint density at radius 1 is 0.737 bits per heavy atom. The first-order valence-electron chi connectivity index (χ1n) is 12.7. The molecule has 13 heteroatoms. The topological polar surface area (TPSA) is 246 Å². The van der Waals surface area contributed by atoms with Crippen molar-refractivity contribution in [2.75, 3.05) is 13.1 Å². The van der Waals surface area contributed by atoms with E-state index < -0.39 is 60.2 Å². The number of aliphatic carboxylic acids is 1. The van der Waals surface area contributed by atoms with E-state index in [1.54, 1.807) is 30.3 Å². The minimum absolute atomic E-state index is 0.0565. The van der Waals surface area contributed by atoms with Gasteiger partial charge in [0, 0.05) is 6.42 Å². The lowest BCUT2D eigenvalue weighted by molar-refractivity contribution is -0.142. The largest absolute Gasteiger partial charge is 0.480 e. The number of carboxylic acids is 1. The molecular formula is C25H41N7O6. The highest BCUT2D eigenvalue weighted by atomic mass is 16.4. The van der Waals surface area contributed by atoms with E-state index in [1.807, 2.05) is 0 Å². The average molecular weight is 536 g/mol. The zero-order valence-corrected chi connectivity index (χ0v) is 21.6. The summed E-state index contributed by atoms with van der Waals surface area (Å²) in [6.07, 6.45) is 2.25. The molecule has 4 atom stereocenters. The number of unbranched alkanes of at least 4 members (excludes halogenated alkanes) is 2. The van der Waals surface area contributed by atoms with E-state index >= 15 is 0 Å². The molecule has 0 fully saturated rings. The number of rotatable bonds is 19. The number of hydrogen-bond donors (Lipinski definition) is 8. The molecule has 0 radical (unpaired) electrons. The third-order valence-corrected chi connectivity index (χ3v) is 5.81. The van der Waals surface area contributed by atoms with E-state index in [0.717, 1.165) is 5.56 Å². The molecule has 4 amide bonds. The maximum absolute atomic E-state index is 13.2. The van der Waals surface area contributed by atoms with Crippen LogP contribution in [0.15, 0.2) is 30.3 Å². The molecule has 0 heterocycles. The van der Waals surface area contributed by atoms with Gasteiger partial charge in [-0.3, -0.25) is 19.2 Å². The number of carboxylic acid groups (broad SMARTS) is 1. The smallest absolute Gasteiger partial charge is 0.326 e. The van der Waals surface area contributed by atoms with E-state index in [4.69, 9.17) is 22.9 Å². The lowest BCUT2D eigenvalue weighted by atomic mass is 10.0. The Labute approximate surface area is 222 Å². The van der Waals surface area contributed by atoms with Crippen molar-refractivity contribution < 1.29 is 29.1 Å². The van der Waals surface area contributed by atoms with Gasteiger partial charge in [-0.15, -0.1) is 0 Å². The van der Waals surface area contributed by atoms with Crippen LogP contribution in [0.5, 0.6) is 0 Å². The first kappa shape index (κ1) is 32.5. The number of carbonyl (C=O) groups is 5. The molecule has 38 heavy (non-hydrogen) atoms. The van der Waals surface area contributed by atoms with Gasteiger partial charge in [0.15, 0.2) is 0 Å². The van der Waals surface area contributed by atoms with Crippen LogP contribution in [0.1, 0.15) is 50.5 Å². The number of nitrogens with two attached hydrogens (primary N) is 4. The number of carbonyl (C=O) groups excluding carboxylic acids is 4. The van der Waals surface area contributed by atoms with Crippen molar-refractivity contribution in [1.82, 2.24) is 16.0 Å². The molecule has 0 aliphatic carbocycles. The Morgan fingerprint density at radius 3 is 1.66 bits per heavy atom. The zero-order valence-electron chi connectivity index (χ0n) is 21.6. The Kier molecular flexibility index (Phi) is 15.2. The summed E-state index contributed by atoms with van der Waals surface area (Å²) in [5.74, 6) is -4.04. The molecule has 0 bridgehead atoms. The van der Waals surface area contributed by atoms with Crippen molar-refractivity contribution in [1.29, 1.82) is 0 Å². The molecular weight excluding hydrogens is 494 g/mol. The third-order valence-electron chi connectivity index (χ3n) is 5.81. The van der Waals surface area contributed by atoms with Crippen molar-refractivity contribution in [2.24, 2.45) is 22.9 Å². The quantitative estimate of drug-likeness (QED) is 0.0932. The highest BCUT2D eigenvalue weighted by molar-refractivity contribution is 5.95. The number of nitrogens with one attached hydrogen (secondary N) is 3. The maximum atomic E-state index is 13.2. The van der Waals surface area contributed by atoms with Gasteiger partial charge in [0.25, 0.3) is 0 Å². The summed E-state index contributed by atoms with van der Waals surface area (Å²) in [6, 6.07) is 4.24. The second kappa shape index (κ2) is 17.8. The van der Waals surface area contributed by atoms with Gasteiger partial charge in [-0.05, 0) is 57.2 Å². The van der Waals surface area contributed by atoms with Crippen LogP contribution in [0.25, 0.3) is 0 Å². The summed E-state index contributed by atoms with van der Waals surface area (Å²) in [4.78, 5) is 61.7. The number of amides is 4. The van der Waals surface area contributed by atoms with E-state index in [0.29, 0.717) is 38.8 Å². The Morgan fingerprint density at radius 2 is 1.21 bits per heavy atom. The van der Waals surface area contributed by atoms with Crippen LogP contribution in [0.3, 0.4) is 0 Å². The maximum Gasteiger partial charge on any atom is 0.326 e. The molecule has 0 aliphatic heterocycles. The van der Waals surface area contributed by atoms with Crippen LogP contribution >= 0.6 is 0 Å². The number of hydrogen-bond acceptors (Lipinski definition) is 8. The summed E-state index contributed by atoms with van der Waals surface area (Å²) >= 11 is 0. The lowest BCUT2D eigenvalue weighted by Gasteiger charge is -2.25. The van der Waals surface area contributed by atoms with E-state index in [9.17, 15) is 29.1 Å². The molecule has 212 valence electrons. The fraction of sp³-hybridized carbons (Fsp3) is 0.560. The highest BCUT2D eigenvalue weighted by Crippen LogP contribution is 2.08. The molecule has 1 rings (SSSR count). The second-order valence-electron chi connectivity index (χ2n) is 9.06. The van der Waals surface area contributed by atoms with Crippen LogP contribution in [-0.4, -0.2) is 72.0 Å². The molecule has 0 saturated carbocycles. The van der Waals surface area contributed by atoms with Crippen LogP contribution in [0.4, 0.5) is 0 Å². The zero-order chi connectivity index (χ0) is 28.5. The molecule has 1 aromatic rings. The van der Waals surface area contributed by atoms with E-state index in [2.05, 4.69) is 16.0 Å². The molecule has 0 aromatic heterocycles. The van der Waals surface area contributed by atoms with Crippen LogP contribution in [0, 0.1) is 0 Å². The SMILES string of the molecule is NCCCCC(NC(=O)C(N)CC(N)=O)C(=O)NC(CCCCN)C(=O)NC(Cc1ccccc1)C(=O)O. The third kappa shape index (κ3) is 12.6. The van der Waals surface area contributed by atoms with Crippen molar-refractivity contribution in [3.8, 4) is 0 Å². The Hall–Kier alpha value is -3.55. The number of benzene rings is 1. The number of primary amides is 1. The highest BCUT2D eigenvalue weighted by Gasteiger charge is 2.30. The fourth-order valence-electron chi connectivity index (χ4n) is 3.71. The molecule has 1 aromatic carbocycles. The molecule has 0 spiro atoms. The molecule has 4 unspecified atom stereocenters. The summed E-state index contributed by atoms with van der Waals surface area (Å²) in [5.41, 5.74) is 22.6. The summed E-state index contributed by atoms with van der Waals surface area (Å²) < 4.78 is 0. The first-order valence-corrected chi connectivity index (χ1v) is 12.7. The van der Waals surface area contributed by atoms with E-state index in [-0.39, 0.29) is 19.3 Å². The standard InChI is InChI=1S/C25H41N7O6/c26-12-6-4-10-18(30-22(34)17(28)15-21(29)33)23(35)31-19(11-5-7-13-27)24(36)32-20(25(37)38)14-16-8-2-1-3-9-16/h1-3,8-9,17-20H,4-7,10-15,26-28H2,(H2,29,33)(H,30,34)(H,31,35)(H,32,36)(H,37,38). The van der Waals surface area contributed by atoms with Crippen molar-refractivity contribution in [2.45, 2.75) is 75.5 Å². The van der Waals surface area contributed by atoms with Gasteiger partial charge >= 0.3 is 5.97 Å². The Bertz CT molecular complexity index is 915. The minimum atomic E-state index is -1.24. The Balaban J connectivity index is 3.01. The predicted octanol–water partition coefficient (Wildman–Crippen LogP) is -1.77. The second-order valence-corrected chi connectivity index (χ2v) is 9.06. The summed E-state index contributed by atoms with van der Waals surface area (Å²) in [6.45, 7) is 0.759. The van der Waals surface area contributed by atoms with Gasteiger partial charge in [-0.2, -0.15) is 0 Å². The van der Waals surface area contributed by atoms with Gasteiger partial charge in [0.2, 0.25) is 23.6 Å². The predicted molar refractivity (Wildman–Crippen MR) is 141 cm³/mol. The van der Waals surface area contributed by atoms with Gasteiger partial charge in [-0.25, -0.2) is 4.79 Å². The van der Waals surface area contributed by atoms with Gasteiger partial charge in [-0.1, -0.05) is 30.3 Å². The van der Waals surface area contributed by atoms with Crippen LogP contribution in [0.2, 0.25) is 0 Å². The normalized spacial score (nSPS) is 14.0. The minimum Gasteiger partial charge on any atom is -0.480 e. The summed E-state index contributed by atoms with van der Waals surface area (Å²) in [7, 11) is 0. The summed E-state index contributed by atoms with van der Waals surface area (Å²) in [5, 5.41) is 17.3. The monoisotopic (exact) mass is 535 g/mol. The van der Waals surface area contributed by atoms with Crippen molar-refractivity contribution >= 4 is 29.6 Å². The molecule has 13 nitrogen and oxygen atoms in total. The average Bonchev–Trinajstić information content (AvgIpc) is 2.87. The van der Waals surface area contributed by atoms with Gasteiger partial charge in [0.05, 0.1) is 12.5 Å². The lowest BCUT2D eigenvalue weighted by Crippen LogP contribution is -2.57. The molecule has 0 aliphatic rings. The van der Waals surface area contributed by atoms with E-state index in [1.165, 1.54) is 0 Å². The van der Waals surface area contributed by atoms with Crippen LogP contribution in [-0.2, 0) is 30.4 Å². The fourth-order valence-corrected chi connectivity index (χ4v) is 3.71. The van der Waals surface area contributed by atoms with Crippen LogP contribution < -0.4 is 38.9 Å². The van der Waals surface area contributed by atoms with Crippen molar-refractivity contribution in [3.63, 3.8) is 0 Å². The van der Waals surface area contributed by atoms with Gasteiger partial charge < -0.3 is 44.0 Å². The van der Waals surface area contributed by atoms with Crippen molar-refractivity contribution in [3.05, 3.63) is 35.9 Å². The molecule has 0 saturated heterocycles.